The smallest absolute Gasteiger partial charge is 0.0159 e. The topological polar surface area (TPSA) is 0 Å². The summed E-state index contributed by atoms with van der Waals surface area (Å²) in [5.74, 6) is 0. The standard InChI is InChI=1S/C47H34/c1-47(2)42-18-10-9-15-37(42)38-25-23-33(28-43(38)47)44-39-16-7-8-17-40(39)45(46-36-14-6-4-12-30(36)21-26-41(44)46)32-22-24-35-31(27-32)20-19-29-11-3-5-13-34(29)35/h3-6,8-15,17-28H,7,16H2,1-2H3. The molecule has 8 aromatic rings. The third-order valence-corrected chi connectivity index (χ3v) is 11.1. The molecule has 0 amide bonds. The van der Waals surface area contributed by atoms with Crippen molar-refractivity contribution in [1.82, 2.24) is 0 Å². The van der Waals surface area contributed by atoms with Gasteiger partial charge in [-0.05, 0) is 124 Å². The number of benzene rings is 8. The Morgan fingerprint density at radius 1 is 0.489 bits per heavy atom. The third-order valence-electron chi connectivity index (χ3n) is 11.1. The van der Waals surface area contributed by atoms with Crippen molar-refractivity contribution in [1.29, 1.82) is 0 Å². The molecule has 0 heterocycles. The minimum Gasteiger partial charge on any atom is -0.0836 e. The van der Waals surface area contributed by atoms with E-state index in [-0.39, 0.29) is 5.41 Å². The van der Waals surface area contributed by atoms with E-state index >= 15 is 0 Å². The molecule has 0 unspecified atom stereocenters. The minimum atomic E-state index is -0.0421. The largest absolute Gasteiger partial charge is 0.0836 e. The van der Waals surface area contributed by atoms with Crippen LogP contribution in [0.5, 0.6) is 0 Å². The average molecular weight is 599 g/mol. The van der Waals surface area contributed by atoms with Gasteiger partial charge >= 0.3 is 0 Å². The normalized spacial score (nSPS) is 14.5. The van der Waals surface area contributed by atoms with E-state index in [1.807, 2.05) is 0 Å². The summed E-state index contributed by atoms with van der Waals surface area (Å²) in [4.78, 5) is 0. The van der Waals surface area contributed by atoms with Crippen molar-refractivity contribution >= 4 is 49.2 Å². The number of allylic oxidation sites excluding steroid dienone is 1. The van der Waals surface area contributed by atoms with Crippen LogP contribution in [-0.4, -0.2) is 0 Å². The van der Waals surface area contributed by atoms with Crippen molar-refractivity contribution in [2.24, 2.45) is 0 Å². The van der Waals surface area contributed by atoms with Crippen LogP contribution in [0.3, 0.4) is 0 Å². The molecule has 0 spiro atoms. The number of rotatable bonds is 2. The summed E-state index contributed by atoms with van der Waals surface area (Å²) < 4.78 is 0. The Bertz CT molecular complexity index is 2650. The van der Waals surface area contributed by atoms with Crippen molar-refractivity contribution in [2.45, 2.75) is 32.1 Å². The van der Waals surface area contributed by atoms with Crippen molar-refractivity contribution in [2.75, 3.05) is 0 Å². The molecule has 10 rings (SSSR count). The van der Waals surface area contributed by atoms with Crippen LogP contribution < -0.4 is 0 Å². The molecule has 0 fully saturated rings. The van der Waals surface area contributed by atoms with Crippen LogP contribution in [0.4, 0.5) is 0 Å². The second-order valence-corrected chi connectivity index (χ2v) is 13.9. The Kier molecular flexibility index (Phi) is 5.56. The summed E-state index contributed by atoms with van der Waals surface area (Å²) >= 11 is 0. The molecule has 222 valence electrons. The highest BCUT2D eigenvalue weighted by molar-refractivity contribution is 6.21. The first-order chi connectivity index (χ1) is 23.1. The lowest BCUT2D eigenvalue weighted by Gasteiger charge is -2.26. The van der Waals surface area contributed by atoms with Crippen LogP contribution in [0.1, 0.15) is 42.5 Å². The average Bonchev–Trinajstić information content (AvgIpc) is 3.35. The molecule has 0 aliphatic heterocycles. The van der Waals surface area contributed by atoms with Crippen LogP contribution in [0.25, 0.3) is 82.5 Å². The first-order valence-electron chi connectivity index (χ1n) is 16.9. The molecule has 2 aliphatic rings. The van der Waals surface area contributed by atoms with E-state index in [1.165, 1.54) is 98.7 Å². The van der Waals surface area contributed by atoms with Gasteiger partial charge in [0.15, 0.2) is 0 Å². The maximum absolute atomic E-state index is 2.51. The number of hydrogen-bond acceptors (Lipinski definition) is 0. The van der Waals surface area contributed by atoms with Gasteiger partial charge in [0.2, 0.25) is 0 Å². The summed E-state index contributed by atoms with van der Waals surface area (Å²) in [6, 6.07) is 50.3. The quantitative estimate of drug-likeness (QED) is 0.174. The molecular formula is C47H34. The minimum absolute atomic E-state index is 0.0421. The third kappa shape index (κ3) is 3.76. The molecule has 0 nitrogen and oxygen atoms in total. The monoisotopic (exact) mass is 598 g/mol. The van der Waals surface area contributed by atoms with E-state index in [4.69, 9.17) is 0 Å². The maximum atomic E-state index is 2.51. The highest BCUT2D eigenvalue weighted by Gasteiger charge is 2.35. The van der Waals surface area contributed by atoms with Gasteiger partial charge in [0.1, 0.15) is 0 Å². The second-order valence-electron chi connectivity index (χ2n) is 13.9. The van der Waals surface area contributed by atoms with Gasteiger partial charge in [-0.25, -0.2) is 0 Å². The van der Waals surface area contributed by atoms with Crippen molar-refractivity contribution in [3.63, 3.8) is 0 Å². The molecule has 0 saturated carbocycles. The van der Waals surface area contributed by atoms with Gasteiger partial charge in [-0.3, -0.25) is 0 Å². The zero-order valence-corrected chi connectivity index (χ0v) is 26.8. The molecule has 0 heteroatoms. The molecule has 0 saturated heterocycles. The second kappa shape index (κ2) is 9.77. The number of fused-ring (bicyclic) bond motifs is 10. The summed E-state index contributed by atoms with van der Waals surface area (Å²) in [6.07, 6.45) is 6.89. The van der Waals surface area contributed by atoms with Gasteiger partial charge in [-0.2, -0.15) is 0 Å². The van der Waals surface area contributed by atoms with Gasteiger partial charge in [-0.15, -0.1) is 0 Å². The van der Waals surface area contributed by atoms with Crippen molar-refractivity contribution in [3.05, 3.63) is 162 Å². The van der Waals surface area contributed by atoms with Crippen LogP contribution in [0.2, 0.25) is 0 Å². The molecule has 0 N–H and O–H groups in total. The molecule has 0 radical (unpaired) electrons. The molecule has 2 aliphatic carbocycles. The fourth-order valence-electron chi connectivity index (χ4n) is 8.86. The van der Waals surface area contributed by atoms with Gasteiger partial charge in [0, 0.05) is 5.41 Å². The van der Waals surface area contributed by atoms with Gasteiger partial charge < -0.3 is 0 Å². The Morgan fingerprint density at radius 3 is 2.02 bits per heavy atom. The first kappa shape index (κ1) is 26.7. The highest BCUT2D eigenvalue weighted by Crippen LogP contribution is 2.52. The van der Waals surface area contributed by atoms with E-state index in [9.17, 15) is 0 Å². The van der Waals surface area contributed by atoms with Crippen LogP contribution in [0, 0.1) is 0 Å². The predicted molar refractivity (Wildman–Crippen MR) is 202 cm³/mol. The SMILES string of the molecule is CC1(C)c2ccccc2-c2ccc(-c3c4c(c(-c5ccc6c(ccc7ccccc76)c5)c5c3ccc3ccccc35)C=CCC4)cc21. The number of hydrogen-bond donors (Lipinski definition) is 0. The summed E-state index contributed by atoms with van der Waals surface area (Å²) in [5.41, 5.74) is 13.8. The molecule has 0 aromatic heterocycles. The van der Waals surface area contributed by atoms with Crippen molar-refractivity contribution in [3.8, 4) is 33.4 Å². The Hall–Kier alpha value is -5.46. The Morgan fingerprint density at radius 2 is 1.13 bits per heavy atom. The van der Waals surface area contributed by atoms with E-state index in [0.717, 1.165) is 12.8 Å². The molecule has 0 atom stereocenters. The lowest BCUT2D eigenvalue weighted by Crippen LogP contribution is -2.15. The summed E-state index contributed by atoms with van der Waals surface area (Å²) in [7, 11) is 0. The zero-order valence-electron chi connectivity index (χ0n) is 26.8. The molecule has 0 bridgehead atoms. The Balaban J connectivity index is 1.30. The van der Waals surface area contributed by atoms with E-state index < -0.39 is 0 Å². The zero-order chi connectivity index (χ0) is 31.3. The van der Waals surface area contributed by atoms with E-state index in [2.05, 4.69) is 159 Å². The molecular weight excluding hydrogens is 565 g/mol. The lowest BCUT2D eigenvalue weighted by atomic mass is 9.77. The van der Waals surface area contributed by atoms with Crippen LogP contribution >= 0.6 is 0 Å². The van der Waals surface area contributed by atoms with Crippen LogP contribution in [0.15, 0.2) is 140 Å². The van der Waals surface area contributed by atoms with E-state index in [0.29, 0.717) is 0 Å². The molecule has 47 heavy (non-hydrogen) atoms. The van der Waals surface area contributed by atoms with Gasteiger partial charge in [-0.1, -0.05) is 147 Å². The van der Waals surface area contributed by atoms with Gasteiger partial charge in [0.25, 0.3) is 0 Å². The highest BCUT2D eigenvalue weighted by atomic mass is 14.4. The summed E-state index contributed by atoms with van der Waals surface area (Å²) in [5, 5.41) is 10.5. The van der Waals surface area contributed by atoms with Crippen molar-refractivity contribution < 1.29 is 0 Å². The Labute approximate surface area is 275 Å². The van der Waals surface area contributed by atoms with Crippen LogP contribution in [-0.2, 0) is 11.8 Å². The van der Waals surface area contributed by atoms with Gasteiger partial charge in [0.05, 0.1) is 0 Å². The predicted octanol–water partition coefficient (Wildman–Crippen LogP) is 12.9. The fraction of sp³-hybridized carbons (Fsp3) is 0.106. The fourth-order valence-corrected chi connectivity index (χ4v) is 8.86. The lowest BCUT2D eigenvalue weighted by molar-refractivity contribution is 0.660. The maximum Gasteiger partial charge on any atom is 0.0159 e. The first-order valence-corrected chi connectivity index (χ1v) is 16.9. The molecule has 8 aromatic carbocycles. The summed E-state index contributed by atoms with van der Waals surface area (Å²) in [6.45, 7) is 4.77. The van der Waals surface area contributed by atoms with E-state index in [1.54, 1.807) is 0 Å².